The van der Waals surface area contributed by atoms with Crippen LogP contribution >= 0.6 is 0 Å². The molecule has 7 nitrogen and oxygen atoms in total. The highest BCUT2D eigenvalue weighted by Gasteiger charge is 2.13. The molecule has 0 bridgehead atoms. The van der Waals surface area contributed by atoms with Gasteiger partial charge in [0.05, 0.1) is 28.9 Å². The molecule has 0 spiro atoms. The number of nitrogens with one attached hydrogen (secondary N) is 1. The lowest BCUT2D eigenvalue weighted by Gasteiger charge is -2.11. The predicted molar refractivity (Wildman–Crippen MR) is 132 cm³/mol. The van der Waals surface area contributed by atoms with Gasteiger partial charge in [0.15, 0.2) is 0 Å². The third-order valence-corrected chi connectivity index (χ3v) is 5.51. The Hall–Kier alpha value is -3.87. The third-order valence-electron chi connectivity index (χ3n) is 5.51. The molecule has 2 aromatic carbocycles. The molecule has 0 radical (unpaired) electrons. The number of hydrogen-bond donors (Lipinski definition) is 1. The van der Waals surface area contributed by atoms with Crippen molar-refractivity contribution in [1.82, 2.24) is 14.1 Å². The van der Waals surface area contributed by atoms with E-state index >= 15 is 0 Å². The number of nitrogens with zero attached hydrogens (tertiary/aromatic N) is 4. The summed E-state index contributed by atoms with van der Waals surface area (Å²) in [5.41, 5.74) is 9.77. The minimum Gasteiger partial charge on any atom is -0.459 e. The third kappa shape index (κ3) is 4.53. The minimum absolute atomic E-state index is 0.143. The Balaban J connectivity index is 1.55. The summed E-state index contributed by atoms with van der Waals surface area (Å²) in [5, 5.41) is 4.46. The standard InChI is InChI=1S/C26H29N5O2/c1-6-30-24-10-8-7-9-23(24)28-26(30)29-27-16-21-15-18(4)31(19(21)5)22-13-11-20(12-14-22)25(32)33-17(2)3/h7-17H,6H2,1-5H3,(H,28,29)/b27-16-. The van der Waals surface area contributed by atoms with Gasteiger partial charge in [-0.25, -0.2) is 15.2 Å². The lowest BCUT2D eigenvalue weighted by atomic mass is 10.2. The number of imidazole rings is 1. The van der Waals surface area contributed by atoms with E-state index in [1.807, 2.05) is 50.4 Å². The Morgan fingerprint density at radius 1 is 1.15 bits per heavy atom. The molecule has 0 atom stereocenters. The van der Waals surface area contributed by atoms with Crippen molar-refractivity contribution in [2.75, 3.05) is 5.43 Å². The van der Waals surface area contributed by atoms with Gasteiger partial charge >= 0.3 is 5.97 Å². The van der Waals surface area contributed by atoms with Gasteiger partial charge in [-0.05, 0) is 77.1 Å². The summed E-state index contributed by atoms with van der Waals surface area (Å²) in [4.78, 5) is 16.8. The van der Waals surface area contributed by atoms with Crippen molar-refractivity contribution < 1.29 is 9.53 Å². The van der Waals surface area contributed by atoms with E-state index < -0.39 is 0 Å². The molecule has 2 heterocycles. The first-order valence-electron chi connectivity index (χ1n) is 11.1. The van der Waals surface area contributed by atoms with Crippen LogP contribution in [0.2, 0.25) is 0 Å². The van der Waals surface area contributed by atoms with Gasteiger partial charge in [0.1, 0.15) is 0 Å². The van der Waals surface area contributed by atoms with E-state index in [1.54, 1.807) is 12.1 Å². The number of fused-ring (bicyclic) bond motifs is 1. The number of hydrogen-bond acceptors (Lipinski definition) is 5. The largest absolute Gasteiger partial charge is 0.459 e. The maximum atomic E-state index is 12.1. The van der Waals surface area contributed by atoms with Gasteiger partial charge < -0.3 is 13.9 Å². The molecule has 0 fully saturated rings. The molecular formula is C26H29N5O2. The fourth-order valence-corrected chi connectivity index (χ4v) is 3.98. The van der Waals surface area contributed by atoms with Crippen LogP contribution in [0.1, 0.15) is 48.1 Å². The highest BCUT2D eigenvalue weighted by molar-refractivity contribution is 5.89. The fourth-order valence-electron chi connectivity index (χ4n) is 3.98. The van der Waals surface area contributed by atoms with Crippen molar-refractivity contribution in [3.63, 3.8) is 0 Å². The van der Waals surface area contributed by atoms with Crippen molar-refractivity contribution in [1.29, 1.82) is 0 Å². The average molecular weight is 444 g/mol. The number of aryl methyl sites for hydroxylation is 2. The van der Waals surface area contributed by atoms with E-state index in [0.717, 1.165) is 40.2 Å². The smallest absolute Gasteiger partial charge is 0.338 e. The maximum Gasteiger partial charge on any atom is 0.338 e. The summed E-state index contributed by atoms with van der Waals surface area (Å²) < 4.78 is 9.51. The number of esters is 1. The second-order valence-electron chi connectivity index (χ2n) is 8.20. The van der Waals surface area contributed by atoms with Crippen LogP contribution in [0, 0.1) is 13.8 Å². The minimum atomic E-state index is -0.311. The highest BCUT2D eigenvalue weighted by atomic mass is 16.5. The second-order valence-corrected chi connectivity index (χ2v) is 8.20. The molecule has 33 heavy (non-hydrogen) atoms. The molecule has 7 heteroatoms. The van der Waals surface area contributed by atoms with Crippen LogP contribution in [-0.2, 0) is 11.3 Å². The number of rotatable bonds is 7. The number of hydrazone groups is 1. The van der Waals surface area contributed by atoms with E-state index in [-0.39, 0.29) is 12.1 Å². The molecule has 0 saturated heterocycles. The topological polar surface area (TPSA) is 73.4 Å². The Kier molecular flexibility index (Phi) is 6.31. The first-order chi connectivity index (χ1) is 15.9. The summed E-state index contributed by atoms with van der Waals surface area (Å²) in [7, 11) is 0. The molecule has 170 valence electrons. The number of ether oxygens (including phenoxy) is 1. The van der Waals surface area contributed by atoms with Crippen LogP contribution in [0.5, 0.6) is 0 Å². The SMILES string of the molecule is CCn1c(N/N=C\c2cc(C)n(-c3ccc(C(=O)OC(C)C)cc3)c2C)nc2ccccc21. The number of anilines is 1. The van der Waals surface area contributed by atoms with E-state index in [0.29, 0.717) is 11.5 Å². The van der Waals surface area contributed by atoms with Crippen LogP contribution in [0.3, 0.4) is 0 Å². The Labute approximate surface area is 193 Å². The van der Waals surface area contributed by atoms with Gasteiger partial charge in [-0.2, -0.15) is 5.10 Å². The van der Waals surface area contributed by atoms with Gasteiger partial charge in [0.25, 0.3) is 0 Å². The van der Waals surface area contributed by atoms with Gasteiger partial charge in [0, 0.05) is 29.2 Å². The first kappa shape index (κ1) is 22.3. The van der Waals surface area contributed by atoms with Crippen molar-refractivity contribution in [3.05, 3.63) is 77.1 Å². The lowest BCUT2D eigenvalue weighted by Crippen LogP contribution is -2.11. The normalized spacial score (nSPS) is 11.6. The van der Waals surface area contributed by atoms with E-state index in [4.69, 9.17) is 4.74 Å². The van der Waals surface area contributed by atoms with Crippen molar-refractivity contribution in [2.45, 2.75) is 47.3 Å². The maximum absolute atomic E-state index is 12.1. The summed E-state index contributed by atoms with van der Waals surface area (Å²) in [6.07, 6.45) is 1.67. The predicted octanol–water partition coefficient (Wildman–Crippen LogP) is 5.47. The molecule has 4 aromatic rings. The van der Waals surface area contributed by atoms with Crippen LogP contribution in [0.4, 0.5) is 5.95 Å². The molecule has 4 rings (SSSR count). The Morgan fingerprint density at radius 3 is 2.58 bits per heavy atom. The lowest BCUT2D eigenvalue weighted by molar-refractivity contribution is 0.0378. The fraction of sp³-hybridized carbons (Fsp3) is 0.269. The van der Waals surface area contributed by atoms with E-state index in [2.05, 4.69) is 57.5 Å². The zero-order valence-electron chi connectivity index (χ0n) is 19.7. The quantitative estimate of drug-likeness (QED) is 0.233. The monoisotopic (exact) mass is 443 g/mol. The Morgan fingerprint density at radius 2 is 1.88 bits per heavy atom. The molecule has 2 aromatic heterocycles. The molecule has 0 saturated carbocycles. The summed E-state index contributed by atoms with van der Waals surface area (Å²) in [5.74, 6) is 0.405. The summed E-state index contributed by atoms with van der Waals surface area (Å²) in [6, 6.07) is 17.6. The van der Waals surface area contributed by atoms with Crippen LogP contribution in [0.25, 0.3) is 16.7 Å². The van der Waals surface area contributed by atoms with Gasteiger partial charge in [-0.3, -0.25) is 0 Å². The highest BCUT2D eigenvalue weighted by Crippen LogP contribution is 2.22. The molecule has 0 unspecified atom stereocenters. The van der Waals surface area contributed by atoms with Gasteiger partial charge in [-0.15, -0.1) is 0 Å². The number of carbonyl (C=O) groups is 1. The van der Waals surface area contributed by atoms with Gasteiger partial charge in [-0.1, -0.05) is 12.1 Å². The number of para-hydroxylation sites is 2. The van der Waals surface area contributed by atoms with E-state index in [1.165, 1.54) is 0 Å². The molecule has 0 aliphatic heterocycles. The summed E-state index contributed by atoms with van der Waals surface area (Å²) >= 11 is 0. The van der Waals surface area contributed by atoms with Crippen molar-refractivity contribution >= 4 is 29.2 Å². The zero-order valence-corrected chi connectivity index (χ0v) is 19.7. The average Bonchev–Trinajstić information content (AvgIpc) is 3.29. The number of benzene rings is 2. The molecule has 1 N–H and O–H groups in total. The zero-order chi connectivity index (χ0) is 23.5. The van der Waals surface area contributed by atoms with Gasteiger partial charge in [0.2, 0.25) is 5.95 Å². The molecule has 0 aliphatic carbocycles. The molecular weight excluding hydrogens is 414 g/mol. The first-order valence-corrected chi connectivity index (χ1v) is 11.1. The number of aromatic nitrogens is 3. The van der Waals surface area contributed by atoms with Crippen LogP contribution in [0.15, 0.2) is 59.7 Å². The van der Waals surface area contributed by atoms with Crippen LogP contribution < -0.4 is 5.43 Å². The number of carbonyl (C=O) groups excluding carboxylic acids is 1. The van der Waals surface area contributed by atoms with E-state index in [9.17, 15) is 4.79 Å². The van der Waals surface area contributed by atoms with Crippen LogP contribution in [-0.4, -0.2) is 32.4 Å². The Bertz CT molecular complexity index is 1310. The molecule has 0 aliphatic rings. The van der Waals surface area contributed by atoms with Crippen molar-refractivity contribution in [3.8, 4) is 5.69 Å². The molecule has 0 amide bonds. The summed E-state index contributed by atoms with van der Waals surface area (Å²) in [6.45, 7) is 10.7. The van der Waals surface area contributed by atoms with Crippen molar-refractivity contribution in [2.24, 2.45) is 5.10 Å². The second kappa shape index (κ2) is 9.32.